The SMILES string of the molecule is COc1cc(Nc2cccn3c(-c4cccc(-c5ccccc5)c4)cnc23)ccc1-n1cnc(C)c1. The maximum absolute atomic E-state index is 5.68. The highest BCUT2D eigenvalue weighted by atomic mass is 16.5. The van der Waals surface area contributed by atoms with Gasteiger partial charge in [-0.3, -0.25) is 4.40 Å². The van der Waals surface area contributed by atoms with Crippen LogP contribution >= 0.6 is 0 Å². The van der Waals surface area contributed by atoms with Crippen molar-refractivity contribution >= 4 is 17.0 Å². The van der Waals surface area contributed by atoms with E-state index in [1.54, 1.807) is 13.4 Å². The number of imidazole rings is 2. The average molecular weight is 472 g/mol. The van der Waals surface area contributed by atoms with E-state index in [2.05, 4.69) is 63.2 Å². The zero-order valence-electron chi connectivity index (χ0n) is 20.1. The van der Waals surface area contributed by atoms with Gasteiger partial charge in [-0.1, -0.05) is 48.5 Å². The molecule has 0 unspecified atom stereocenters. The van der Waals surface area contributed by atoms with E-state index in [0.717, 1.165) is 45.4 Å². The number of nitrogens with one attached hydrogen (secondary N) is 1. The van der Waals surface area contributed by atoms with Crippen LogP contribution in [-0.4, -0.2) is 26.0 Å². The Morgan fingerprint density at radius 2 is 1.64 bits per heavy atom. The molecule has 6 aromatic rings. The van der Waals surface area contributed by atoms with E-state index in [1.807, 2.05) is 66.5 Å². The molecule has 1 N–H and O–H groups in total. The number of pyridine rings is 1. The third-order valence-corrected chi connectivity index (χ3v) is 6.25. The number of fused-ring (bicyclic) bond motifs is 1. The van der Waals surface area contributed by atoms with Crippen LogP contribution in [-0.2, 0) is 0 Å². The summed E-state index contributed by atoms with van der Waals surface area (Å²) in [7, 11) is 1.68. The van der Waals surface area contributed by atoms with Crippen LogP contribution in [0.25, 0.3) is 33.7 Å². The first-order valence-corrected chi connectivity index (χ1v) is 11.8. The number of aromatic nitrogens is 4. The zero-order valence-corrected chi connectivity index (χ0v) is 20.1. The van der Waals surface area contributed by atoms with Gasteiger partial charge in [0, 0.05) is 29.7 Å². The first kappa shape index (κ1) is 21.7. The Morgan fingerprint density at radius 1 is 0.806 bits per heavy atom. The molecule has 0 aliphatic heterocycles. The van der Waals surface area contributed by atoms with E-state index in [0.29, 0.717) is 0 Å². The van der Waals surface area contributed by atoms with Gasteiger partial charge in [-0.15, -0.1) is 0 Å². The molecule has 0 saturated heterocycles. The van der Waals surface area contributed by atoms with Crippen molar-refractivity contribution in [3.05, 3.63) is 116 Å². The van der Waals surface area contributed by atoms with E-state index >= 15 is 0 Å². The fourth-order valence-electron chi connectivity index (χ4n) is 4.49. The van der Waals surface area contributed by atoms with Gasteiger partial charge in [0.15, 0.2) is 5.65 Å². The molecule has 0 fully saturated rings. The lowest BCUT2D eigenvalue weighted by atomic mass is 10.0. The summed E-state index contributed by atoms with van der Waals surface area (Å²) in [5, 5.41) is 3.52. The summed E-state index contributed by atoms with van der Waals surface area (Å²) in [5.74, 6) is 0.756. The Morgan fingerprint density at radius 3 is 2.44 bits per heavy atom. The molecular formula is C30H25N5O. The number of anilines is 2. The van der Waals surface area contributed by atoms with Crippen LogP contribution in [0.5, 0.6) is 5.75 Å². The molecule has 0 saturated carbocycles. The van der Waals surface area contributed by atoms with Gasteiger partial charge in [-0.25, -0.2) is 9.97 Å². The smallest absolute Gasteiger partial charge is 0.161 e. The van der Waals surface area contributed by atoms with Gasteiger partial charge in [-0.05, 0) is 48.4 Å². The van der Waals surface area contributed by atoms with Crippen molar-refractivity contribution in [1.29, 1.82) is 0 Å². The predicted octanol–water partition coefficient (Wildman–Crippen LogP) is 6.91. The highest BCUT2D eigenvalue weighted by molar-refractivity contribution is 5.79. The maximum atomic E-state index is 5.68. The van der Waals surface area contributed by atoms with Crippen molar-refractivity contribution < 1.29 is 4.74 Å². The van der Waals surface area contributed by atoms with Crippen LogP contribution in [0.2, 0.25) is 0 Å². The summed E-state index contributed by atoms with van der Waals surface area (Å²) >= 11 is 0. The summed E-state index contributed by atoms with van der Waals surface area (Å²) in [5.41, 5.74) is 9.09. The second-order valence-electron chi connectivity index (χ2n) is 8.64. The Balaban J connectivity index is 1.34. The Labute approximate surface area is 209 Å². The molecule has 6 heteroatoms. The van der Waals surface area contributed by atoms with Gasteiger partial charge < -0.3 is 14.6 Å². The molecule has 176 valence electrons. The zero-order chi connectivity index (χ0) is 24.5. The van der Waals surface area contributed by atoms with E-state index in [4.69, 9.17) is 9.72 Å². The van der Waals surface area contributed by atoms with Gasteiger partial charge in [0.05, 0.1) is 42.4 Å². The molecular weight excluding hydrogens is 446 g/mol. The molecule has 36 heavy (non-hydrogen) atoms. The van der Waals surface area contributed by atoms with Gasteiger partial charge in [0.1, 0.15) is 5.75 Å². The minimum atomic E-state index is 0.756. The van der Waals surface area contributed by atoms with Crippen molar-refractivity contribution in [3.63, 3.8) is 0 Å². The molecule has 6 rings (SSSR count). The van der Waals surface area contributed by atoms with E-state index in [-0.39, 0.29) is 0 Å². The van der Waals surface area contributed by atoms with Crippen LogP contribution in [0.3, 0.4) is 0 Å². The Hall–Kier alpha value is -4.84. The van der Waals surface area contributed by atoms with Crippen molar-refractivity contribution in [1.82, 2.24) is 18.9 Å². The lowest BCUT2D eigenvalue weighted by molar-refractivity contribution is 0.413. The number of benzene rings is 3. The first-order valence-electron chi connectivity index (χ1n) is 11.8. The van der Waals surface area contributed by atoms with E-state index in [9.17, 15) is 0 Å². The van der Waals surface area contributed by atoms with E-state index < -0.39 is 0 Å². The van der Waals surface area contributed by atoms with Crippen LogP contribution in [0.15, 0.2) is 110 Å². The quantitative estimate of drug-likeness (QED) is 0.287. The minimum absolute atomic E-state index is 0.756. The first-order chi connectivity index (χ1) is 17.7. The maximum Gasteiger partial charge on any atom is 0.161 e. The number of hydrogen-bond acceptors (Lipinski definition) is 4. The number of rotatable bonds is 6. The molecule has 3 heterocycles. The lowest BCUT2D eigenvalue weighted by Gasteiger charge is -2.13. The highest BCUT2D eigenvalue weighted by Gasteiger charge is 2.12. The van der Waals surface area contributed by atoms with Gasteiger partial charge >= 0.3 is 0 Å². The van der Waals surface area contributed by atoms with Gasteiger partial charge in [0.2, 0.25) is 0 Å². The summed E-state index contributed by atoms with van der Waals surface area (Å²) in [4.78, 5) is 9.08. The molecule has 6 nitrogen and oxygen atoms in total. The molecule has 0 radical (unpaired) electrons. The number of nitrogens with zero attached hydrogens (tertiary/aromatic N) is 4. The van der Waals surface area contributed by atoms with Crippen molar-refractivity contribution in [2.75, 3.05) is 12.4 Å². The fourth-order valence-corrected chi connectivity index (χ4v) is 4.49. The molecule has 3 aromatic heterocycles. The van der Waals surface area contributed by atoms with Crippen LogP contribution in [0.1, 0.15) is 5.69 Å². The van der Waals surface area contributed by atoms with Crippen LogP contribution in [0.4, 0.5) is 11.4 Å². The third-order valence-electron chi connectivity index (χ3n) is 6.25. The number of hydrogen-bond donors (Lipinski definition) is 1. The third kappa shape index (κ3) is 3.99. The predicted molar refractivity (Wildman–Crippen MR) is 144 cm³/mol. The summed E-state index contributed by atoms with van der Waals surface area (Å²) < 4.78 is 9.75. The Kier molecular flexibility index (Phi) is 5.46. The minimum Gasteiger partial charge on any atom is -0.494 e. The van der Waals surface area contributed by atoms with Crippen molar-refractivity contribution in [3.8, 4) is 33.8 Å². The molecule has 0 atom stereocenters. The largest absolute Gasteiger partial charge is 0.494 e. The Bertz CT molecular complexity index is 1670. The normalized spacial score (nSPS) is 11.1. The van der Waals surface area contributed by atoms with E-state index in [1.165, 1.54) is 11.1 Å². The molecule has 0 aliphatic rings. The second-order valence-corrected chi connectivity index (χ2v) is 8.64. The van der Waals surface area contributed by atoms with Gasteiger partial charge in [0.25, 0.3) is 0 Å². The number of ether oxygens (including phenoxy) is 1. The summed E-state index contributed by atoms with van der Waals surface area (Å²) in [6, 6.07) is 29.1. The van der Waals surface area contributed by atoms with Gasteiger partial charge in [-0.2, -0.15) is 0 Å². The van der Waals surface area contributed by atoms with Crippen LogP contribution < -0.4 is 10.1 Å². The lowest BCUT2D eigenvalue weighted by Crippen LogP contribution is -1.99. The number of aryl methyl sites for hydroxylation is 1. The molecule has 3 aromatic carbocycles. The van der Waals surface area contributed by atoms with Crippen molar-refractivity contribution in [2.45, 2.75) is 6.92 Å². The van der Waals surface area contributed by atoms with Crippen LogP contribution in [0, 0.1) is 6.92 Å². The highest BCUT2D eigenvalue weighted by Crippen LogP contribution is 2.32. The molecule has 0 amide bonds. The fraction of sp³-hybridized carbons (Fsp3) is 0.0667. The standard InChI is InChI=1S/C30H25N5O/c1-21-19-34(20-32-21)27-14-13-25(17-29(27)36-2)33-26-12-7-15-35-28(18-31-30(26)35)24-11-6-10-23(16-24)22-8-4-3-5-9-22/h3-20,33H,1-2H3. The summed E-state index contributed by atoms with van der Waals surface area (Å²) in [6.45, 7) is 1.97. The van der Waals surface area contributed by atoms with Crippen molar-refractivity contribution in [2.24, 2.45) is 0 Å². The molecule has 0 aliphatic carbocycles. The molecule has 0 spiro atoms. The monoisotopic (exact) mass is 471 g/mol. The average Bonchev–Trinajstić information content (AvgIpc) is 3.56. The number of methoxy groups -OCH3 is 1. The summed E-state index contributed by atoms with van der Waals surface area (Å²) in [6.07, 6.45) is 7.74. The second kappa shape index (κ2) is 9.07. The molecule has 0 bridgehead atoms. The topological polar surface area (TPSA) is 56.4 Å².